The third kappa shape index (κ3) is 1.26. The lowest BCUT2D eigenvalue weighted by atomic mass is 9.86. The Hall–Kier alpha value is -0.830. The van der Waals surface area contributed by atoms with Crippen LogP contribution < -0.4 is 0 Å². The van der Waals surface area contributed by atoms with Gasteiger partial charge in [0.1, 0.15) is 5.72 Å². The molecule has 0 radical (unpaired) electrons. The van der Waals surface area contributed by atoms with Crippen LogP contribution in [0.1, 0.15) is 32.6 Å². The Morgan fingerprint density at radius 1 is 1.47 bits per heavy atom. The lowest BCUT2D eigenvalue weighted by molar-refractivity contribution is -0.201. The maximum absolute atomic E-state index is 11.9. The van der Waals surface area contributed by atoms with Gasteiger partial charge in [0.2, 0.25) is 5.91 Å². The molecule has 1 amide bonds. The molecule has 0 saturated carbocycles. The smallest absolute Gasteiger partial charge is 0.225 e. The van der Waals surface area contributed by atoms with Crippen molar-refractivity contribution in [1.82, 2.24) is 4.90 Å². The molecule has 0 unspecified atom stereocenters. The third-order valence-electron chi connectivity index (χ3n) is 4.05. The normalized spacial score (nSPS) is 44.1. The second-order valence-corrected chi connectivity index (χ2v) is 5.02. The molecule has 2 heterocycles. The lowest BCUT2D eigenvalue weighted by Crippen LogP contribution is -2.59. The number of carbonyl (C=O) groups is 1. The molecule has 0 spiro atoms. The van der Waals surface area contributed by atoms with Crippen molar-refractivity contribution in [3.63, 3.8) is 0 Å². The van der Waals surface area contributed by atoms with Crippen LogP contribution in [0.4, 0.5) is 0 Å². The summed E-state index contributed by atoms with van der Waals surface area (Å²) in [6.45, 7) is 2.88. The zero-order chi connectivity index (χ0) is 10.5. The second-order valence-electron chi connectivity index (χ2n) is 5.02. The molecular formula is C12H17NO2. The molecule has 3 aliphatic rings. The van der Waals surface area contributed by atoms with Gasteiger partial charge in [-0.15, -0.1) is 0 Å². The maximum Gasteiger partial charge on any atom is 0.225 e. The average Bonchev–Trinajstić information content (AvgIpc) is 2.56. The Balaban J connectivity index is 1.94. The van der Waals surface area contributed by atoms with E-state index in [1.807, 2.05) is 4.90 Å². The maximum atomic E-state index is 11.9. The first-order valence-electron chi connectivity index (χ1n) is 5.82. The van der Waals surface area contributed by atoms with E-state index in [1.54, 1.807) is 0 Å². The number of hydrogen-bond acceptors (Lipinski definition) is 2. The number of amides is 1. The van der Waals surface area contributed by atoms with Crippen molar-refractivity contribution in [3.8, 4) is 0 Å². The number of allylic oxidation sites excluding steroid dienone is 1. The van der Waals surface area contributed by atoms with E-state index in [0.717, 1.165) is 25.9 Å². The van der Waals surface area contributed by atoms with Crippen LogP contribution in [0.2, 0.25) is 0 Å². The van der Waals surface area contributed by atoms with E-state index < -0.39 is 0 Å². The van der Waals surface area contributed by atoms with Gasteiger partial charge in [-0.1, -0.05) is 12.2 Å². The van der Waals surface area contributed by atoms with Crippen molar-refractivity contribution in [2.45, 2.75) is 44.4 Å². The molecule has 3 heteroatoms. The molecule has 0 aromatic rings. The van der Waals surface area contributed by atoms with Gasteiger partial charge in [0.15, 0.2) is 0 Å². The summed E-state index contributed by atoms with van der Waals surface area (Å²) in [5.74, 6) is 0.799. The van der Waals surface area contributed by atoms with Crippen LogP contribution in [0.15, 0.2) is 12.2 Å². The Labute approximate surface area is 90.1 Å². The number of rotatable bonds is 0. The molecule has 0 bridgehead atoms. The Kier molecular flexibility index (Phi) is 1.93. The molecule has 3 nitrogen and oxygen atoms in total. The van der Waals surface area contributed by atoms with E-state index in [9.17, 15) is 4.79 Å². The van der Waals surface area contributed by atoms with Crippen molar-refractivity contribution in [3.05, 3.63) is 12.2 Å². The van der Waals surface area contributed by atoms with Crippen molar-refractivity contribution < 1.29 is 9.53 Å². The van der Waals surface area contributed by atoms with Gasteiger partial charge in [-0.25, -0.2) is 0 Å². The molecule has 0 aromatic carbocycles. The molecule has 2 fully saturated rings. The standard InChI is InChI=1S/C12H17NO2/c1-12-7-6-11(14)13(12)10-5-3-2-4-9(10)8-15-12/h2-3,9-10H,4-8H2,1H3/t9-,10+,12+/m1/s1. The summed E-state index contributed by atoms with van der Waals surface area (Å²) < 4.78 is 5.90. The average molecular weight is 207 g/mol. The van der Waals surface area contributed by atoms with Crippen molar-refractivity contribution in [1.29, 1.82) is 0 Å². The highest BCUT2D eigenvalue weighted by molar-refractivity contribution is 5.79. The molecule has 3 atom stereocenters. The van der Waals surface area contributed by atoms with Crippen molar-refractivity contribution in [2.24, 2.45) is 5.92 Å². The number of carbonyl (C=O) groups excluding carboxylic acids is 1. The van der Waals surface area contributed by atoms with E-state index in [0.29, 0.717) is 18.4 Å². The molecule has 82 valence electrons. The van der Waals surface area contributed by atoms with Gasteiger partial charge in [0, 0.05) is 24.8 Å². The van der Waals surface area contributed by atoms with Gasteiger partial charge in [-0.3, -0.25) is 4.79 Å². The summed E-state index contributed by atoms with van der Waals surface area (Å²) in [4.78, 5) is 13.9. The van der Waals surface area contributed by atoms with Gasteiger partial charge in [-0.05, 0) is 19.8 Å². The summed E-state index contributed by atoms with van der Waals surface area (Å²) in [6.07, 6.45) is 8.01. The fourth-order valence-electron chi connectivity index (χ4n) is 3.16. The van der Waals surface area contributed by atoms with Crippen LogP contribution in [0.5, 0.6) is 0 Å². The van der Waals surface area contributed by atoms with Crippen LogP contribution in [0.3, 0.4) is 0 Å². The van der Waals surface area contributed by atoms with Gasteiger partial charge in [0.05, 0.1) is 6.61 Å². The molecule has 3 rings (SSSR count). The fraction of sp³-hybridized carbons (Fsp3) is 0.750. The van der Waals surface area contributed by atoms with E-state index >= 15 is 0 Å². The molecule has 2 aliphatic heterocycles. The van der Waals surface area contributed by atoms with Gasteiger partial charge < -0.3 is 9.64 Å². The highest BCUT2D eigenvalue weighted by atomic mass is 16.5. The summed E-state index contributed by atoms with van der Waals surface area (Å²) in [5.41, 5.74) is -0.302. The number of hydrogen-bond donors (Lipinski definition) is 0. The Morgan fingerprint density at radius 3 is 3.13 bits per heavy atom. The monoisotopic (exact) mass is 207 g/mol. The lowest BCUT2D eigenvalue weighted by Gasteiger charge is -2.49. The Bertz CT molecular complexity index is 326. The first-order valence-corrected chi connectivity index (χ1v) is 5.82. The van der Waals surface area contributed by atoms with Gasteiger partial charge in [-0.2, -0.15) is 0 Å². The topological polar surface area (TPSA) is 29.5 Å². The van der Waals surface area contributed by atoms with Crippen LogP contribution in [0, 0.1) is 5.92 Å². The zero-order valence-corrected chi connectivity index (χ0v) is 9.11. The van der Waals surface area contributed by atoms with E-state index in [-0.39, 0.29) is 11.6 Å². The van der Waals surface area contributed by atoms with Gasteiger partial charge in [0.25, 0.3) is 0 Å². The predicted octanol–water partition coefficient (Wildman–Crippen LogP) is 1.69. The van der Waals surface area contributed by atoms with Gasteiger partial charge >= 0.3 is 0 Å². The number of ether oxygens (including phenoxy) is 1. The highest BCUT2D eigenvalue weighted by Gasteiger charge is 2.51. The van der Waals surface area contributed by atoms with Crippen LogP contribution in [0.25, 0.3) is 0 Å². The minimum atomic E-state index is -0.302. The van der Waals surface area contributed by atoms with E-state index in [2.05, 4.69) is 19.1 Å². The summed E-state index contributed by atoms with van der Waals surface area (Å²) in [7, 11) is 0. The van der Waals surface area contributed by atoms with Crippen molar-refractivity contribution in [2.75, 3.05) is 6.61 Å². The quantitative estimate of drug-likeness (QED) is 0.566. The van der Waals surface area contributed by atoms with Crippen LogP contribution in [-0.2, 0) is 9.53 Å². The minimum Gasteiger partial charge on any atom is -0.355 e. The first kappa shape index (κ1) is 9.40. The number of fused-ring (bicyclic) bond motifs is 3. The highest BCUT2D eigenvalue weighted by Crippen LogP contribution is 2.42. The molecule has 2 saturated heterocycles. The number of nitrogens with zero attached hydrogens (tertiary/aromatic N) is 1. The van der Waals surface area contributed by atoms with E-state index in [1.165, 1.54) is 0 Å². The summed E-state index contributed by atoms with van der Waals surface area (Å²) in [6, 6.07) is 0.392. The third-order valence-corrected chi connectivity index (χ3v) is 4.05. The SMILES string of the molecule is C[C@]12CCC(=O)N1[C@H]1CC=CC[C@@H]1CO2. The predicted molar refractivity (Wildman–Crippen MR) is 56.1 cm³/mol. The molecule has 15 heavy (non-hydrogen) atoms. The largest absolute Gasteiger partial charge is 0.355 e. The molecule has 1 aliphatic carbocycles. The summed E-state index contributed by atoms with van der Waals surface area (Å²) in [5, 5.41) is 0. The fourth-order valence-corrected chi connectivity index (χ4v) is 3.16. The zero-order valence-electron chi connectivity index (χ0n) is 9.11. The summed E-state index contributed by atoms with van der Waals surface area (Å²) >= 11 is 0. The molecular weight excluding hydrogens is 190 g/mol. The first-order chi connectivity index (χ1) is 7.21. The molecule has 0 aromatic heterocycles. The van der Waals surface area contributed by atoms with Crippen LogP contribution in [-0.4, -0.2) is 29.2 Å². The second kappa shape index (κ2) is 3.08. The minimum absolute atomic E-state index is 0.280. The van der Waals surface area contributed by atoms with Crippen molar-refractivity contribution >= 4 is 5.91 Å². The molecule has 0 N–H and O–H groups in total. The Morgan fingerprint density at radius 2 is 2.27 bits per heavy atom. The van der Waals surface area contributed by atoms with Crippen LogP contribution >= 0.6 is 0 Å². The van der Waals surface area contributed by atoms with E-state index in [4.69, 9.17) is 4.74 Å².